The summed E-state index contributed by atoms with van der Waals surface area (Å²) in [5, 5.41) is 0. The minimum atomic E-state index is 0.0266. The van der Waals surface area contributed by atoms with Gasteiger partial charge in [0.15, 0.2) is 0 Å². The molecule has 1 fully saturated rings. The Balaban J connectivity index is 2.19. The van der Waals surface area contributed by atoms with E-state index in [0.717, 1.165) is 24.7 Å². The molecular formula is C14H26N4O2. The molecule has 0 aliphatic carbocycles. The van der Waals surface area contributed by atoms with E-state index in [4.69, 9.17) is 15.2 Å². The number of aryl methyl sites for hydroxylation is 1. The topological polar surface area (TPSA) is 65.5 Å². The van der Waals surface area contributed by atoms with E-state index in [1.165, 1.54) is 0 Å². The van der Waals surface area contributed by atoms with Crippen LogP contribution in [0.15, 0.2) is 6.20 Å². The van der Waals surface area contributed by atoms with Gasteiger partial charge in [-0.2, -0.15) is 0 Å². The van der Waals surface area contributed by atoms with Gasteiger partial charge in [0.05, 0.1) is 31.1 Å². The number of imidazole rings is 1. The van der Waals surface area contributed by atoms with Crippen LogP contribution in [0, 0.1) is 6.92 Å². The standard InChI is InChI=1S/C14H26N4O2/c1-10-7-18(11(2)9-19-4)14(16-10)17-5-6-20-13(8-17)12(3)15/h7,11-13H,5-6,8-9,15H2,1-4H3. The van der Waals surface area contributed by atoms with Gasteiger partial charge in [-0.3, -0.25) is 0 Å². The molecular weight excluding hydrogens is 256 g/mol. The number of ether oxygens (including phenoxy) is 2. The fraction of sp³-hybridized carbons (Fsp3) is 0.786. The first kappa shape index (κ1) is 15.3. The van der Waals surface area contributed by atoms with Crippen molar-refractivity contribution in [1.82, 2.24) is 9.55 Å². The molecule has 6 nitrogen and oxygen atoms in total. The molecule has 0 radical (unpaired) electrons. The van der Waals surface area contributed by atoms with E-state index in [-0.39, 0.29) is 18.2 Å². The minimum Gasteiger partial charge on any atom is -0.383 e. The van der Waals surface area contributed by atoms with Crippen molar-refractivity contribution >= 4 is 5.95 Å². The fourth-order valence-electron chi connectivity index (χ4n) is 2.56. The molecule has 1 aliphatic rings. The molecule has 3 atom stereocenters. The zero-order valence-corrected chi connectivity index (χ0v) is 12.9. The van der Waals surface area contributed by atoms with Gasteiger partial charge in [-0.1, -0.05) is 0 Å². The van der Waals surface area contributed by atoms with Crippen LogP contribution in [0.5, 0.6) is 0 Å². The van der Waals surface area contributed by atoms with Crippen molar-refractivity contribution in [2.24, 2.45) is 5.73 Å². The molecule has 114 valence electrons. The number of methoxy groups -OCH3 is 1. The number of rotatable bonds is 5. The lowest BCUT2D eigenvalue weighted by molar-refractivity contribution is 0.0267. The van der Waals surface area contributed by atoms with Crippen LogP contribution in [0.4, 0.5) is 5.95 Å². The summed E-state index contributed by atoms with van der Waals surface area (Å²) in [4.78, 5) is 6.93. The van der Waals surface area contributed by atoms with Crippen molar-refractivity contribution in [1.29, 1.82) is 0 Å². The number of nitrogens with zero attached hydrogens (tertiary/aromatic N) is 3. The number of morpholine rings is 1. The Labute approximate surface area is 120 Å². The lowest BCUT2D eigenvalue weighted by Crippen LogP contribution is -2.50. The van der Waals surface area contributed by atoms with Crippen molar-refractivity contribution in [3.05, 3.63) is 11.9 Å². The SMILES string of the molecule is COCC(C)n1cc(C)nc1N1CCOC(C(C)N)C1. The smallest absolute Gasteiger partial charge is 0.206 e. The van der Waals surface area contributed by atoms with Crippen LogP contribution in [-0.2, 0) is 9.47 Å². The van der Waals surface area contributed by atoms with Gasteiger partial charge in [-0.25, -0.2) is 4.98 Å². The average molecular weight is 282 g/mol. The van der Waals surface area contributed by atoms with E-state index in [1.807, 2.05) is 13.8 Å². The van der Waals surface area contributed by atoms with Crippen LogP contribution in [0.2, 0.25) is 0 Å². The van der Waals surface area contributed by atoms with Crippen molar-refractivity contribution in [2.75, 3.05) is 38.3 Å². The number of anilines is 1. The maximum Gasteiger partial charge on any atom is 0.206 e. The first-order valence-corrected chi connectivity index (χ1v) is 7.19. The molecule has 0 saturated carbocycles. The third-order valence-electron chi connectivity index (χ3n) is 3.68. The molecule has 3 unspecified atom stereocenters. The molecule has 6 heteroatoms. The van der Waals surface area contributed by atoms with Crippen LogP contribution < -0.4 is 10.6 Å². The summed E-state index contributed by atoms with van der Waals surface area (Å²) < 4.78 is 13.2. The van der Waals surface area contributed by atoms with Crippen molar-refractivity contribution in [3.63, 3.8) is 0 Å². The van der Waals surface area contributed by atoms with Crippen LogP contribution in [-0.4, -0.2) is 55.1 Å². The van der Waals surface area contributed by atoms with Crippen LogP contribution >= 0.6 is 0 Å². The zero-order valence-electron chi connectivity index (χ0n) is 12.9. The van der Waals surface area contributed by atoms with Gasteiger partial charge < -0.3 is 24.7 Å². The second-order valence-corrected chi connectivity index (χ2v) is 5.61. The van der Waals surface area contributed by atoms with E-state index in [1.54, 1.807) is 7.11 Å². The van der Waals surface area contributed by atoms with E-state index in [2.05, 4.69) is 27.6 Å². The molecule has 0 aromatic carbocycles. The average Bonchev–Trinajstić information content (AvgIpc) is 2.81. The molecule has 2 heterocycles. The third kappa shape index (κ3) is 3.31. The van der Waals surface area contributed by atoms with Gasteiger partial charge in [-0.15, -0.1) is 0 Å². The molecule has 0 bridgehead atoms. The Morgan fingerprint density at radius 1 is 1.55 bits per heavy atom. The summed E-state index contributed by atoms with van der Waals surface area (Å²) in [6.07, 6.45) is 2.14. The Morgan fingerprint density at radius 3 is 2.95 bits per heavy atom. The molecule has 0 spiro atoms. The quantitative estimate of drug-likeness (QED) is 0.871. The Morgan fingerprint density at radius 2 is 2.30 bits per heavy atom. The van der Waals surface area contributed by atoms with Crippen molar-refractivity contribution < 1.29 is 9.47 Å². The molecule has 1 aromatic rings. The maximum atomic E-state index is 5.96. The predicted molar refractivity (Wildman–Crippen MR) is 79.2 cm³/mol. The van der Waals surface area contributed by atoms with Crippen molar-refractivity contribution in [3.8, 4) is 0 Å². The second kappa shape index (κ2) is 6.56. The predicted octanol–water partition coefficient (Wildman–Crippen LogP) is 0.951. The van der Waals surface area contributed by atoms with E-state index in [9.17, 15) is 0 Å². The summed E-state index contributed by atoms with van der Waals surface area (Å²) in [7, 11) is 1.72. The van der Waals surface area contributed by atoms with E-state index < -0.39 is 0 Å². The first-order chi connectivity index (χ1) is 9.52. The van der Waals surface area contributed by atoms with Gasteiger partial charge in [-0.05, 0) is 20.8 Å². The van der Waals surface area contributed by atoms with Gasteiger partial charge >= 0.3 is 0 Å². The van der Waals surface area contributed by atoms with Gasteiger partial charge in [0, 0.05) is 32.4 Å². The Kier molecular flexibility index (Phi) is 5.01. The third-order valence-corrected chi connectivity index (χ3v) is 3.68. The van der Waals surface area contributed by atoms with Crippen LogP contribution in [0.1, 0.15) is 25.6 Å². The Bertz CT molecular complexity index is 433. The summed E-state index contributed by atoms with van der Waals surface area (Å²) >= 11 is 0. The first-order valence-electron chi connectivity index (χ1n) is 7.19. The van der Waals surface area contributed by atoms with E-state index in [0.29, 0.717) is 13.2 Å². The van der Waals surface area contributed by atoms with Gasteiger partial charge in [0.1, 0.15) is 0 Å². The molecule has 2 N–H and O–H groups in total. The number of hydrogen-bond donors (Lipinski definition) is 1. The second-order valence-electron chi connectivity index (χ2n) is 5.61. The fourth-order valence-corrected chi connectivity index (χ4v) is 2.56. The highest BCUT2D eigenvalue weighted by Gasteiger charge is 2.27. The summed E-state index contributed by atoms with van der Waals surface area (Å²) in [5.41, 5.74) is 6.98. The summed E-state index contributed by atoms with van der Waals surface area (Å²) in [6, 6.07) is 0.284. The van der Waals surface area contributed by atoms with Crippen LogP contribution in [0.25, 0.3) is 0 Å². The highest BCUT2D eigenvalue weighted by Crippen LogP contribution is 2.22. The number of hydrogen-bond acceptors (Lipinski definition) is 5. The molecule has 20 heavy (non-hydrogen) atoms. The molecule has 2 rings (SSSR count). The van der Waals surface area contributed by atoms with E-state index >= 15 is 0 Å². The highest BCUT2D eigenvalue weighted by molar-refractivity contribution is 5.35. The highest BCUT2D eigenvalue weighted by atomic mass is 16.5. The minimum absolute atomic E-state index is 0.0266. The Hall–Kier alpha value is -1.11. The monoisotopic (exact) mass is 282 g/mol. The largest absolute Gasteiger partial charge is 0.383 e. The van der Waals surface area contributed by atoms with Gasteiger partial charge in [0.2, 0.25) is 5.95 Å². The van der Waals surface area contributed by atoms with Gasteiger partial charge in [0.25, 0.3) is 0 Å². The lowest BCUT2D eigenvalue weighted by Gasteiger charge is -2.36. The number of aromatic nitrogens is 2. The normalized spacial score (nSPS) is 22.9. The molecule has 1 aromatic heterocycles. The maximum absolute atomic E-state index is 5.96. The van der Waals surface area contributed by atoms with Crippen LogP contribution in [0.3, 0.4) is 0 Å². The molecule has 1 aliphatic heterocycles. The summed E-state index contributed by atoms with van der Waals surface area (Å²) in [5.74, 6) is 0.987. The van der Waals surface area contributed by atoms with Crippen molar-refractivity contribution in [2.45, 2.75) is 39.0 Å². The lowest BCUT2D eigenvalue weighted by atomic mass is 10.1. The molecule has 0 amide bonds. The number of nitrogens with two attached hydrogens (primary N) is 1. The summed E-state index contributed by atoms with van der Waals surface area (Å²) in [6.45, 7) is 9.13. The molecule has 1 saturated heterocycles. The zero-order chi connectivity index (χ0) is 14.7.